The summed E-state index contributed by atoms with van der Waals surface area (Å²) in [6.45, 7) is 4.64. The molecule has 1 fully saturated rings. The van der Waals surface area contributed by atoms with Crippen molar-refractivity contribution in [2.45, 2.75) is 12.5 Å². The highest BCUT2D eigenvalue weighted by molar-refractivity contribution is 5.72. The van der Waals surface area contributed by atoms with Crippen molar-refractivity contribution in [3.05, 3.63) is 0 Å². The van der Waals surface area contributed by atoms with Gasteiger partial charge in [0.15, 0.2) is 6.10 Å². The summed E-state index contributed by atoms with van der Waals surface area (Å²) in [6.07, 6.45) is -0.244. The molecule has 0 spiro atoms. The van der Waals surface area contributed by atoms with Gasteiger partial charge in [0.1, 0.15) is 0 Å². The number of hydrogen-bond acceptors (Lipinski definition) is 5. The third kappa shape index (κ3) is 5.97. The number of ether oxygens (including phenoxy) is 3. The predicted octanol–water partition coefficient (Wildman–Crippen LogP) is -0.175. The Morgan fingerprint density at radius 3 is 2.71 bits per heavy atom. The smallest absolute Gasteiger partial charge is 0.332 e. The van der Waals surface area contributed by atoms with Gasteiger partial charge in [-0.2, -0.15) is 0 Å². The number of methoxy groups -OCH3 is 1. The summed E-state index contributed by atoms with van der Waals surface area (Å²) in [5.41, 5.74) is 0. The van der Waals surface area contributed by atoms with Gasteiger partial charge in [-0.3, -0.25) is 4.90 Å². The lowest BCUT2D eigenvalue weighted by atomic mass is 10.2. The van der Waals surface area contributed by atoms with Crippen LogP contribution in [-0.2, 0) is 19.0 Å². The van der Waals surface area contributed by atoms with E-state index in [0.717, 1.165) is 32.8 Å². The molecule has 0 saturated carbocycles. The molecule has 1 aliphatic heterocycles. The van der Waals surface area contributed by atoms with Gasteiger partial charge >= 0.3 is 5.97 Å². The van der Waals surface area contributed by atoms with Crippen molar-refractivity contribution in [2.75, 3.05) is 53.2 Å². The van der Waals surface area contributed by atoms with E-state index in [9.17, 15) is 4.79 Å². The first-order valence-corrected chi connectivity index (χ1v) is 5.87. The summed E-state index contributed by atoms with van der Waals surface area (Å²) in [5, 5.41) is 8.99. The zero-order chi connectivity index (χ0) is 12.5. The quantitative estimate of drug-likeness (QED) is 0.600. The third-order valence-electron chi connectivity index (χ3n) is 2.69. The van der Waals surface area contributed by atoms with Crippen LogP contribution in [0.15, 0.2) is 0 Å². The Balaban J connectivity index is 2.20. The van der Waals surface area contributed by atoms with Crippen molar-refractivity contribution < 1.29 is 24.1 Å². The molecule has 17 heavy (non-hydrogen) atoms. The monoisotopic (exact) mass is 247 g/mol. The number of hydrogen-bond donors (Lipinski definition) is 1. The second kappa shape index (κ2) is 8.41. The van der Waals surface area contributed by atoms with Crippen LogP contribution in [0.1, 0.15) is 6.42 Å². The Labute approximate surface area is 101 Å². The van der Waals surface area contributed by atoms with Gasteiger partial charge in [0, 0.05) is 26.7 Å². The van der Waals surface area contributed by atoms with Crippen LogP contribution in [0.5, 0.6) is 0 Å². The largest absolute Gasteiger partial charge is 0.479 e. The molecular formula is C11H21NO5. The predicted molar refractivity (Wildman–Crippen MR) is 61.1 cm³/mol. The molecule has 1 N–H and O–H groups in total. The topological polar surface area (TPSA) is 68.2 Å². The number of rotatable bonds is 8. The van der Waals surface area contributed by atoms with Gasteiger partial charge < -0.3 is 19.3 Å². The second-order valence-electron chi connectivity index (χ2n) is 3.93. The zero-order valence-corrected chi connectivity index (χ0v) is 10.3. The third-order valence-corrected chi connectivity index (χ3v) is 2.69. The van der Waals surface area contributed by atoms with E-state index in [0.29, 0.717) is 19.6 Å². The maximum Gasteiger partial charge on any atom is 0.332 e. The summed E-state index contributed by atoms with van der Waals surface area (Å²) in [5.74, 6) is -0.908. The summed E-state index contributed by atoms with van der Waals surface area (Å²) >= 11 is 0. The van der Waals surface area contributed by atoms with E-state index in [-0.39, 0.29) is 0 Å². The Hall–Kier alpha value is -0.690. The first-order chi connectivity index (χ1) is 8.24. The average molecular weight is 247 g/mol. The lowest BCUT2D eigenvalue weighted by Crippen LogP contribution is -2.39. The van der Waals surface area contributed by atoms with Crippen molar-refractivity contribution in [1.29, 1.82) is 0 Å². The Kier molecular flexibility index (Phi) is 7.11. The first kappa shape index (κ1) is 14.4. The van der Waals surface area contributed by atoms with E-state index in [1.165, 1.54) is 0 Å². The molecule has 1 aliphatic rings. The van der Waals surface area contributed by atoms with Crippen molar-refractivity contribution in [3.63, 3.8) is 0 Å². The maximum absolute atomic E-state index is 11.0. The Morgan fingerprint density at radius 2 is 2.12 bits per heavy atom. The van der Waals surface area contributed by atoms with E-state index in [4.69, 9.17) is 19.3 Å². The summed E-state index contributed by atoms with van der Waals surface area (Å²) in [6, 6.07) is 0. The Bertz CT molecular complexity index is 218. The van der Waals surface area contributed by atoms with E-state index >= 15 is 0 Å². The highest BCUT2D eigenvalue weighted by Gasteiger charge is 2.20. The number of carboxylic acid groups (broad SMARTS) is 1. The molecule has 0 aromatic rings. The van der Waals surface area contributed by atoms with Gasteiger partial charge in [-0.05, 0) is 6.42 Å². The van der Waals surface area contributed by atoms with E-state index in [1.54, 1.807) is 7.11 Å². The normalized spacial score (nSPS) is 19.1. The molecule has 0 aromatic heterocycles. The van der Waals surface area contributed by atoms with E-state index in [2.05, 4.69) is 4.90 Å². The molecule has 100 valence electrons. The lowest BCUT2D eigenvalue weighted by molar-refractivity contribution is -0.152. The van der Waals surface area contributed by atoms with Crippen LogP contribution in [0.3, 0.4) is 0 Å². The fraction of sp³-hybridized carbons (Fsp3) is 0.909. The van der Waals surface area contributed by atoms with Gasteiger partial charge in [-0.15, -0.1) is 0 Å². The highest BCUT2D eigenvalue weighted by atomic mass is 16.5. The maximum atomic E-state index is 11.0. The fourth-order valence-corrected chi connectivity index (χ4v) is 1.68. The molecule has 0 amide bonds. The molecule has 6 nitrogen and oxygen atoms in total. The average Bonchev–Trinajstić information content (AvgIpc) is 2.34. The van der Waals surface area contributed by atoms with Crippen LogP contribution < -0.4 is 0 Å². The molecule has 6 heteroatoms. The molecule has 1 rings (SSSR count). The van der Waals surface area contributed by atoms with Crippen LogP contribution in [-0.4, -0.2) is 75.3 Å². The molecule has 1 saturated heterocycles. The molecule has 0 bridgehead atoms. The lowest BCUT2D eigenvalue weighted by Gasteiger charge is -2.27. The molecular weight excluding hydrogens is 226 g/mol. The van der Waals surface area contributed by atoms with E-state index in [1.807, 2.05) is 0 Å². The number of nitrogens with zero attached hydrogens (tertiary/aromatic N) is 1. The summed E-state index contributed by atoms with van der Waals surface area (Å²) in [4.78, 5) is 13.2. The van der Waals surface area contributed by atoms with Gasteiger partial charge in [-0.1, -0.05) is 0 Å². The SMILES string of the molecule is COCCOC(CCN1CCOCC1)C(=O)O. The van der Waals surface area contributed by atoms with Crippen molar-refractivity contribution in [2.24, 2.45) is 0 Å². The highest BCUT2D eigenvalue weighted by Crippen LogP contribution is 2.04. The molecule has 0 radical (unpaired) electrons. The van der Waals surface area contributed by atoms with Gasteiger partial charge in [-0.25, -0.2) is 4.79 Å². The van der Waals surface area contributed by atoms with Crippen molar-refractivity contribution >= 4 is 5.97 Å². The Morgan fingerprint density at radius 1 is 1.41 bits per heavy atom. The minimum Gasteiger partial charge on any atom is -0.479 e. The minimum absolute atomic E-state index is 0.316. The van der Waals surface area contributed by atoms with Crippen LogP contribution >= 0.6 is 0 Å². The van der Waals surface area contributed by atoms with Crippen molar-refractivity contribution in [3.8, 4) is 0 Å². The number of carboxylic acids is 1. The molecule has 1 unspecified atom stereocenters. The van der Waals surface area contributed by atoms with Crippen LogP contribution in [0.25, 0.3) is 0 Å². The zero-order valence-electron chi connectivity index (χ0n) is 10.3. The standard InChI is InChI=1S/C11H21NO5/c1-15-8-9-17-10(11(13)14)2-3-12-4-6-16-7-5-12/h10H,2-9H2,1H3,(H,13,14). The van der Waals surface area contributed by atoms with Crippen LogP contribution in [0.4, 0.5) is 0 Å². The second-order valence-corrected chi connectivity index (χ2v) is 3.93. The van der Waals surface area contributed by atoms with Crippen molar-refractivity contribution in [1.82, 2.24) is 4.90 Å². The van der Waals surface area contributed by atoms with E-state index < -0.39 is 12.1 Å². The number of morpholine rings is 1. The fourth-order valence-electron chi connectivity index (χ4n) is 1.68. The van der Waals surface area contributed by atoms with Gasteiger partial charge in [0.2, 0.25) is 0 Å². The molecule has 1 atom stereocenters. The van der Waals surface area contributed by atoms with Crippen LogP contribution in [0.2, 0.25) is 0 Å². The number of aliphatic carboxylic acids is 1. The summed E-state index contributed by atoms with van der Waals surface area (Å²) in [7, 11) is 1.56. The summed E-state index contributed by atoms with van der Waals surface area (Å²) < 4.78 is 15.3. The molecule has 0 aliphatic carbocycles. The number of carbonyl (C=O) groups is 1. The first-order valence-electron chi connectivity index (χ1n) is 5.87. The van der Waals surface area contributed by atoms with Crippen LogP contribution in [0, 0.1) is 0 Å². The minimum atomic E-state index is -0.908. The molecule has 0 aromatic carbocycles. The van der Waals surface area contributed by atoms with Gasteiger partial charge in [0.25, 0.3) is 0 Å². The van der Waals surface area contributed by atoms with Gasteiger partial charge in [0.05, 0.1) is 26.4 Å². The molecule has 1 heterocycles.